The first-order valence-corrected chi connectivity index (χ1v) is 4.24. The summed E-state index contributed by atoms with van der Waals surface area (Å²) in [6, 6.07) is 6.57. The van der Waals surface area contributed by atoms with Crippen molar-refractivity contribution in [3.63, 3.8) is 0 Å². The maximum atomic E-state index is 10.9. The van der Waals surface area contributed by atoms with E-state index in [1.54, 1.807) is 24.3 Å². The molecule has 0 aromatic heterocycles. The Bertz CT molecular complexity index is 398. The summed E-state index contributed by atoms with van der Waals surface area (Å²) in [7, 11) is 1.27. The van der Waals surface area contributed by atoms with Gasteiger partial charge in [-0.2, -0.15) is 0 Å². The van der Waals surface area contributed by atoms with Crippen LogP contribution in [0.2, 0.25) is 0 Å². The number of rotatable bonds is 4. The number of aliphatic hydroxyl groups is 1. The smallest absolute Gasteiger partial charge is 1.00 e. The molecule has 0 radical (unpaired) electrons. The van der Waals surface area contributed by atoms with Gasteiger partial charge in [0, 0.05) is 5.56 Å². The summed E-state index contributed by atoms with van der Waals surface area (Å²) in [5.41, 5.74) is 0.632. The molecule has 0 heterocycles. The zero-order valence-electron chi connectivity index (χ0n) is 10.2. The molecule has 0 saturated carbocycles. The summed E-state index contributed by atoms with van der Waals surface area (Å²) in [5.74, 6) is -1.20. The van der Waals surface area contributed by atoms with Crippen LogP contribution in [0.3, 0.4) is 0 Å². The molecule has 0 atom stereocenters. The Morgan fingerprint density at radius 2 is 2.12 bits per heavy atom. The fraction of sp³-hybridized carbons (Fsp3) is 0.200. The van der Waals surface area contributed by atoms with E-state index in [0.29, 0.717) is 11.1 Å². The summed E-state index contributed by atoms with van der Waals surface area (Å²) < 4.78 is 0. The van der Waals surface area contributed by atoms with Crippen LogP contribution in [0.25, 0.3) is 0 Å². The molecule has 0 spiro atoms. The molecule has 0 aliphatic carbocycles. The van der Waals surface area contributed by atoms with Crippen molar-refractivity contribution in [1.82, 2.24) is 0 Å². The summed E-state index contributed by atoms with van der Waals surface area (Å²) in [5, 5.41) is 21.3. The SMILES string of the molecule is CO/N=C(/C(=O)O)c1ccccc1CO.[H-].[Na+]. The summed E-state index contributed by atoms with van der Waals surface area (Å²) in [6.45, 7) is -0.244. The van der Waals surface area contributed by atoms with Crippen molar-refractivity contribution in [3.05, 3.63) is 35.4 Å². The molecular weight excluding hydrogens is 221 g/mol. The van der Waals surface area contributed by atoms with Gasteiger partial charge in [-0.05, 0) is 5.56 Å². The van der Waals surface area contributed by atoms with Gasteiger partial charge in [0.05, 0.1) is 6.61 Å². The number of nitrogens with zero attached hydrogens (tertiary/aromatic N) is 1. The van der Waals surface area contributed by atoms with Crippen molar-refractivity contribution in [3.8, 4) is 0 Å². The van der Waals surface area contributed by atoms with Crippen LogP contribution in [0, 0.1) is 0 Å². The number of aliphatic hydroxyl groups excluding tert-OH is 1. The molecule has 0 amide bonds. The first kappa shape index (κ1) is 15.1. The number of carboxylic acid groups (broad SMARTS) is 1. The molecule has 1 aromatic rings. The van der Waals surface area contributed by atoms with Crippen LogP contribution in [0.15, 0.2) is 29.4 Å². The second-order valence-electron chi connectivity index (χ2n) is 2.74. The molecule has 1 rings (SSSR count). The van der Waals surface area contributed by atoms with Crippen molar-refractivity contribution in [2.24, 2.45) is 5.16 Å². The molecule has 0 unspecified atom stereocenters. The van der Waals surface area contributed by atoms with E-state index < -0.39 is 5.97 Å². The van der Waals surface area contributed by atoms with Gasteiger partial charge >= 0.3 is 35.5 Å². The molecular formula is C10H12NNaO4. The van der Waals surface area contributed by atoms with Crippen molar-refractivity contribution in [2.75, 3.05) is 7.11 Å². The molecule has 0 bridgehead atoms. The second kappa shape index (κ2) is 7.40. The Labute approximate surface area is 117 Å². The monoisotopic (exact) mass is 233 g/mol. The quantitative estimate of drug-likeness (QED) is 0.349. The minimum atomic E-state index is -1.20. The van der Waals surface area contributed by atoms with Gasteiger partial charge in [0.2, 0.25) is 0 Å². The first-order valence-electron chi connectivity index (χ1n) is 4.24. The second-order valence-corrected chi connectivity index (χ2v) is 2.74. The van der Waals surface area contributed by atoms with Gasteiger partial charge in [0.15, 0.2) is 5.71 Å². The van der Waals surface area contributed by atoms with Gasteiger partial charge < -0.3 is 16.5 Å². The Hall–Kier alpha value is -0.880. The van der Waals surface area contributed by atoms with Crippen molar-refractivity contribution in [2.45, 2.75) is 6.61 Å². The van der Waals surface area contributed by atoms with E-state index in [2.05, 4.69) is 9.99 Å². The third-order valence-corrected chi connectivity index (χ3v) is 1.83. The van der Waals surface area contributed by atoms with Crippen LogP contribution in [-0.2, 0) is 16.2 Å². The van der Waals surface area contributed by atoms with E-state index in [1.807, 2.05) is 0 Å². The van der Waals surface area contributed by atoms with Crippen LogP contribution in [0.5, 0.6) is 0 Å². The number of carboxylic acids is 1. The van der Waals surface area contributed by atoms with Crippen LogP contribution in [-0.4, -0.2) is 29.0 Å². The van der Waals surface area contributed by atoms with Gasteiger partial charge in [-0.15, -0.1) is 0 Å². The molecule has 16 heavy (non-hydrogen) atoms. The molecule has 1 aromatic carbocycles. The number of benzene rings is 1. The molecule has 2 N–H and O–H groups in total. The minimum absolute atomic E-state index is 0. The van der Waals surface area contributed by atoms with E-state index in [4.69, 9.17) is 10.2 Å². The number of carbonyl (C=O) groups is 1. The van der Waals surface area contributed by atoms with Crippen LogP contribution >= 0.6 is 0 Å². The Kier molecular flexibility index (Phi) is 7.00. The van der Waals surface area contributed by atoms with E-state index in [-0.39, 0.29) is 43.3 Å². The maximum Gasteiger partial charge on any atom is 1.00 e. The Balaban J connectivity index is 0. The number of aliphatic carboxylic acids is 1. The van der Waals surface area contributed by atoms with Gasteiger partial charge in [-0.25, -0.2) is 4.79 Å². The molecule has 0 saturated heterocycles. The summed E-state index contributed by atoms with van der Waals surface area (Å²) >= 11 is 0. The van der Waals surface area contributed by atoms with Crippen molar-refractivity contribution >= 4 is 11.7 Å². The van der Waals surface area contributed by atoms with Gasteiger partial charge in [-0.1, -0.05) is 29.4 Å². The number of hydrogen-bond donors (Lipinski definition) is 2. The van der Waals surface area contributed by atoms with E-state index in [0.717, 1.165) is 0 Å². The Morgan fingerprint density at radius 1 is 1.50 bits per heavy atom. The predicted octanol–water partition coefficient (Wildman–Crippen LogP) is -2.27. The van der Waals surface area contributed by atoms with Crippen LogP contribution in [0.1, 0.15) is 12.6 Å². The van der Waals surface area contributed by atoms with Crippen molar-refractivity contribution < 1.29 is 50.8 Å². The summed E-state index contributed by atoms with van der Waals surface area (Å²) in [4.78, 5) is 15.3. The van der Waals surface area contributed by atoms with Crippen LogP contribution in [0.4, 0.5) is 0 Å². The zero-order chi connectivity index (χ0) is 11.3. The zero-order valence-corrected chi connectivity index (χ0v) is 11.2. The fourth-order valence-corrected chi connectivity index (χ4v) is 1.18. The van der Waals surface area contributed by atoms with Crippen LogP contribution < -0.4 is 29.6 Å². The molecule has 5 nitrogen and oxygen atoms in total. The number of oxime groups is 1. The normalized spacial score (nSPS) is 10.5. The molecule has 6 heteroatoms. The van der Waals surface area contributed by atoms with E-state index >= 15 is 0 Å². The van der Waals surface area contributed by atoms with Gasteiger partial charge in [-0.3, -0.25) is 0 Å². The minimum Gasteiger partial charge on any atom is -1.00 e. The maximum absolute atomic E-state index is 10.9. The van der Waals surface area contributed by atoms with Crippen molar-refractivity contribution in [1.29, 1.82) is 0 Å². The van der Waals surface area contributed by atoms with Gasteiger partial charge in [0.25, 0.3) is 0 Å². The molecule has 82 valence electrons. The van der Waals surface area contributed by atoms with Gasteiger partial charge in [0.1, 0.15) is 7.11 Å². The largest absolute Gasteiger partial charge is 1.00 e. The third-order valence-electron chi connectivity index (χ3n) is 1.83. The fourth-order valence-electron chi connectivity index (χ4n) is 1.18. The standard InChI is InChI=1S/C10H11NO4.Na.H/c1-15-11-9(10(13)14)8-5-3-2-4-7(8)6-12;;/h2-5,12H,6H2,1H3,(H,13,14);;/q;+1;-1/b11-9+;;. The molecule has 0 aliphatic rings. The Morgan fingerprint density at radius 3 is 2.62 bits per heavy atom. The number of hydrogen-bond acceptors (Lipinski definition) is 4. The third kappa shape index (κ3) is 3.61. The topological polar surface area (TPSA) is 79.1 Å². The summed E-state index contributed by atoms with van der Waals surface area (Å²) in [6.07, 6.45) is 0. The average molecular weight is 233 g/mol. The molecule has 0 fully saturated rings. The predicted molar refractivity (Wildman–Crippen MR) is 54.7 cm³/mol. The average Bonchev–Trinajstić information content (AvgIpc) is 2.25. The molecule has 0 aliphatic heterocycles. The van der Waals surface area contributed by atoms with E-state index in [9.17, 15) is 4.79 Å². The van der Waals surface area contributed by atoms with E-state index in [1.165, 1.54) is 7.11 Å². The first-order chi connectivity index (χ1) is 7.20.